The third-order valence-corrected chi connectivity index (χ3v) is 3.62. The highest BCUT2D eigenvalue weighted by Gasteiger charge is 2.35. The van der Waals surface area contributed by atoms with Crippen LogP contribution in [0.25, 0.3) is 0 Å². The Balaban J connectivity index is 0.00000180. The Hall–Kier alpha value is -0.560. The summed E-state index contributed by atoms with van der Waals surface area (Å²) in [4.78, 5) is 0. The van der Waals surface area contributed by atoms with E-state index < -0.39 is 0 Å². The van der Waals surface area contributed by atoms with Gasteiger partial charge >= 0.3 is 0 Å². The summed E-state index contributed by atoms with van der Waals surface area (Å²) in [6, 6.07) is 0. The Morgan fingerprint density at radius 1 is 0.684 bits per heavy atom. The molecule has 19 heavy (non-hydrogen) atoms. The quantitative estimate of drug-likeness (QED) is 0.567. The van der Waals surface area contributed by atoms with Gasteiger partial charge in [0.1, 0.15) is 11.1 Å². The first-order valence-electron chi connectivity index (χ1n) is 6.79. The van der Waals surface area contributed by atoms with Crippen molar-refractivity contribution < 1.29 is 0 Å². The van der Waals surface area contributed by atoms with Crippen molar-refractivity contribution in [2.45, 2.75) is 58.5 Å². The summed E-state index contributed by atoms with van der Waals surface area (Å²) in [7, 11) is 0. The molecule has 112 valence electrons. The zero-order chi connectivity index (χ0) is 13.2. The molecule has 6 nitrogen and oxygen atoms in total. The smallest absolute Gasteiger partial charge is 0.104 e. The van der Waals surface area contributed by atoms with Gasteiger partial charge in [0.2, 0.25) is 0 Å². The topological polar surface area (TPSA) is 72.8 Å². The monoisotopic (exact) mass is 270 g/mol. The minimum absolute atomic E-state index is 0. The lowest BCUT2D eigenvalue weighted by Gasteiger charge is -2.30. The van der Waals surface area contributed by atoms with E-state index in [-0.39, 0.29) is 30.8 Å². The van der Waals surface area contributed by atoms with E-state index in [2.05, 4.69) is 59.2 Å². The minimum Gasteiger partial charge on any atom is -0.299 e. The van der Waals surface area contributed by atoms with E-state index in [9.17, 15) is 0 Å². The fourth-order valence-corrected chi connectivity index (χ4v) is 2.38. The molecular weight excluding hydrogens is 240 g/mol. The Morgan fingerprint density at radius 2 is 0.947 bits per heavy atom. The molecule has 2 fully saturated rings. The summed E-state index contributed by atoms with van der Waals surface area (Å²) in [6.45, 7) is 12.4. The van der Waals surface area contributed by atoms with Crippen LogP contribution in [-0.4, -0.2) is 49.6 Å². The van der Waals surface area contributed by atoms with E-state index in [1.165, 1.54) is 0 Å². The van der Waals surface area contributed by atoms with Gasteiger partial charge in [0, 0.05) is 26.2 Å². The summed E-state index contributed by atoms with van der Waals surface area (Å²) >= 11 is 0. The van der Waals surface area contributed by atoms with Gasteiger partial charge in [-0.2, -0.15) is 10.2 Å². The van der Waals surface area contributed by atoms with Crippen molar-refractivity contribution in [3.05, 3.63) is 0 Å². The van der Waals surface area contributed by atoms with Gasteiger partial charge in [-0.3, -0.25) is 21.3 Å². The van der Waals surface area contributed by atoms with Crippen molar-refractivity contribution in [2.24, 2.45) is 10.2 Å². The van der Waals surface area contributed by atoms with Crippen LogP contribution in [0.2, 0.25) is 0 Å². The molecule has 0 amide bonds. The van der Waals surface area contributed by atoms with Gasteiger partial charge in [-0.05, 0) is 27.7 Å². The minimum atomic E-state index is -0.230. The average Bonchev–Trinajstić information content (AvgIpc) is 2.99. The average molecular weight is 270 g/mol. The van der Waals surface area contributed by atoms with Crippen LogP contribution in [0, 0.1) is 0 Å². The van der Waals surface area contributed by atoms with E-state index in [4.69, 9.17) is 0 Å². The number of hydrogen-bond acceptors (Lipinski definition) is 6. The number of nitrogens with one attached hydrogen (secondary N) is 4. The highest BCUT2D eigenvalue weighted by Crippen LogP contribution is 2.21. The van der Waals surface area contributed by atoms with Gasteiger partial charge in [-0.1, -0.05) is 7.43 Å². The lowest BCUT2D eigenvalue weighted by atomic mass is 10.0. The second-order valence-electron chi connectivity index (χ2n) is 6.19. The van der Waals surface area contributed by atoms with Crippen LogP contribution in [0.4, 0.5) is 0 Å². The lowest BCUT2D eigenvalue weighted by molar-refractivity contribution is 0.290. The van der Waals surface area contributed by atoms with Gasteiger partial charge in [0.25, 0.3) is 0 Å². The number of azo groups is 1. The van der Waals surface area contributed by atoms with Gasteiger partial charge in [-0.25, -0.2) is 0 Å². The second-order valence-corrected chi connectivity index (χ2v) is 6.19. The molecule has 0 atom stereocenters. The first-order chi connectivity index (χ1) is 8.42. The van der Waals surface area contributed by atoms with Gasteiger partial charge in [-0.15, -0.1) is 0 Å². The molecule has 0 saturated carbocycles. The summed E-state index contributed by atoms with van der Waals surface area (Å²) in [5.41, 5.74) is -0.460. The Morgan fingerprint density at radius 3 is 1.21 bits per heavy atom. The lowest BCUT2D eigenvalue weighted by Crippen LogP contribution is -2.50. The van der Waals surface area contributed by atoms with Crippen LogP contribution >= 0.6 is 0 Å². The van der Waals surface area contributed by atoms with Gasteiger partial charge < -0.3 is 0 Å². The highest BCUT2D eigenvalue weighted by atomic mass is 15.3. The fourth-order valence-electron chi connectivity index (χ4n) is 2.38. The van der Waals surface area contributed by atoms with Gasteiger partial charge in [0.05, 0.1) is 12.3 Å². The van der Waals surface area contributed by atoms with Crippen LogP contribution in [0.1, 0.15) is 35.1 Å². The maximum atomic E-state index is 4.57. The van der Waals surface area contributed by atoms with Crippen molar-refractivity contribution >= 4 is 0 Å². The standard InChI is InChI=1S/C12H26N6.CH4/c1-11(2,9-13-5-6-14-9)17-18-12(3,4)10-15-7-8-16-10;/h9-10,13-16H,5-8H2,1-4H3;1H4. The van der Waals surface area contributed by atoms with E-state index in [0.717, 1.165) is 26.2 Å². The summed E-state index contributed by atoms with van der Waals surface area (Å²) in [5.74, 6) is 0. The first-order valence-corrected chi connectivity index (χ1v) is 6.79. The molecule has 2 aliphatic heterocycles. The SMILES string of the molecule is C.CC(C)(N=NC(C)(C)C1NCCN1)C1NCCN1. The molecule has 0 radical (unpaired) electrons. The summed E-state index contributed by atoms with van der Waals surface area (Å²) in [5, 5.41) is 22.8. The molecule has 2 rings (SSSR count). The zero-order valence-electron chi connectivity index (χ0n) is 11.9. The van der Waals surface area contributed by atoms with Crippen molar-refractivity contribution in [1.29, 1.82) is 0 Å². The molecule has 0 aromatic rings. The fraction of sp³-hybridized carbons (Fsp3) is 1.00. The first kappa shape index (κ1) is 16.5. The van der Waals surface area contributed by atoms with Crippen molar-refractivity contribution in [2.75, 3.05) is 26.2 Å². The molecule has 0 aromatic carbocycles. The molecule has 2 saturated heterocycles. The predicted molar refractivity (Wildman–Crippen MR) is 79.3 cm³/mol. The molecular formula is C13H30N6. The Kier molecular flexibility index (Phi) is 5.43. The molecule has 0 aliphatic carbocycles. The summed E-state index contributed by atoms with van der Waals surface area (Å²) in [6.07, 6.45) is 0.420. The maximum Gasteiger partial charge on any atom is 0.104 e. The molecule has 2 aliphatic rings. The maximum absolute atomic E-state index is 4.57. The number of hydrogen-bond donors (Lipinski definition) is 4. The highest BCUT2D eigenvalue weighted by molar-refractivity contribution is 4.96. The van der Waals surface area contributed by atoms with Crippen molar-refractivity contribution in [1.82, 2.24) is 21.3 Å². The van der Waals surface area contributed by atoms with Crippen LogP contribution in [-0.2, 0) is 0 Å². The number of nitrogens with zero attached hydrogens (tertiary/aromatic N) is 2. The largest absolute Gasteiger partial charge is 0.299 e. The molecule has 2 heterocycles. The molecule has 4 N–H and O–H groups in total. The summed E-state index contributed by atoms with van der Waals surface area (Å²) < 4.78 is 0. The van der Waals surface area contributed by atoms with E-state index in [1.54, 1.807) is 0 Å². The van der Waals surface area contributed by atoms with Crippen molar-refractivity contribution in [3.63, 3.8) is 0 Å². The predicted octanol–water partition coefficient (Wildman–Crippen LogP) is 0.670. The molecule has 6 heteroatoms. The third-order valence-electron chi connectivity index (χ3n) is 3.62. The molecule has 0 spiro atoms. The van der Waals surface area contributed by atoms with E-state index in [1.807, 2.05) is 0 Å². The normalized spacial score (nSPS) is 23.2. The number of rotatable bonds is 4. The van der Waals surface area contributed by atoms with E-state index >= 15 is 0 Å². The van der Waals surface area contributed by atoms with E-state index in [0.29, 0.717) is 0 Å². The Labute approximate surface area is 117 Å². The van der Waals surface area contributed by atoms with Crippen LogP contribution in [0.5, 0.6) is 0 Å². The van der Waals surface area contributed by atoms with Gasteiger partial charge in [0.15, 0.2) is 0 Å². The zero-order valence-corrected chi connectivity index (χ0v) is 11.9. The molecule has 0 aromatic heterocycles. The third kappa shape index (κ3) is 3.95. The molecule has 0 unspecified atom stereocenters. The molecule has 0 bridgehead atoms. The van der Waals surface area contributed by atoms with Crippen molar-refractivity contribution in [3.8, 4) is 0 Å². The second kappa shape index (κ2) is 6.26. The van der Waals surface area contributed by atoms with Crippen LogP contribution in [0.3, 0.4) is 0 Å². The Bertz CT molecular complexity index is 270. The van der Waals surface area contributed by atoms with Crippen LogP contribution in [0.15, 0.2) is 10.2 Å². The van der Waals surface area contributed by atoms with Crippen LogP contribution < -0.4 is 21.3 Å².